The zero-order valence-electron chi connectivity index (χ0n) is 9.95. The third kappa shape index (κ3) is 2.03. The third-order valence-corrected chi connectivity index (χ3v) is 3.55. The number of aromatic nitrogens is 3. The van der Waals surface area contributed by atoms with Gasteiger partial charge in [-0.1, -0.05) is 23.2 Å². The Kier molecular flexibility index (Phi) is 3.05. The van der Waals surface area contributed by atoms with Gasteiger partial charge in [0, 0.05) is 18.0 Å². The van der Waals surface area contributed by atoms with Crippen LogP contribution in [0.1, 0.15) is 0 Å². The van der Waals surface area contributed by atoms with Crippen LogP contribution in [-0.2, 0) is 0 Å². The maximum absolute atomic E-state index is 6.11. The van der Waals surface area contributed by atoms with E-state index in [0.29, 0.717) is 27.1 Å². The minimum absolute atomic E-state index is 0.365. The number of aromatic amines is 1. The number of halogens is 2. The SMILES string of the molecule is COc1c(Cl)c(Cl)cc2[nH]c(-c3ccncc3)nc12. The van der Waals surface area contributed by atoms with E-state index in [2.05, 4.69) is 15.0 Å². The van der Waals surface area contributed by atoms with Crippen LogP contribution in [0.2, 0.25) is 10.0 Å². The number of nitrogens with one attached hydrogen (secondary N) is 1. The lowest BCUT2D eigenvalue weighted by molar-refractivity contribution is 0.419. The molecule has 0 amide bonds. The summed E-state index contributed by atoms with van der Waals surface area (Å²) in [6.45, 7) is 0. The molecule has 0 unspecified atom stereocenters. The second-order valence-electron chi connectivity index (χ2n) is 3.92. The minimum Gasteiger partial charge on any atom is -0.493 e. The molecule has 0 radical (unpaired) electrons. The van der Waals surface area contributed by atoms with E-state index in [4.69, 9.17) is 27.9 Å². The molecule has 6 heteroatoms. The molecule has 3 aromatic rings. The van der Waals surface area contributed by atoms with E-state index in [1.54, 1.807) is 18.5 Å². The zero-order valence-corrected chi connectivity index (χ0v) is 11.5. The summed E-state index contributed by atoms with van der Waals surface area (Å²) in [5, 5.41) is 0.792. The second kappa shape index (κ2) is 4.72. The first kappa shape index (κ1) is 12.3. The van der Waals surface area contributed by atoms with Crippen molar-refractivity contribution in [1.82, 2.24) is 15.0 Å². The van der Waals surface area contributed by atoms with Crippen LogP contribution < -0.4 is 4.74 Å². The summed E-state index contributed by atoms with van der Waals surface area (Å²) in [5.41, 5.74) is 2.36. The summed E-state index contributed by atoms with van der Waals surface area (Å²) in [6.07, 6.45) is 3.42. The molecule has 2 heterocycles. The van der Waals surface area contributed by atoms with E-state index in [-0.39, 0.29) is 0 Å². The summed E-state index contributed by atoms with van der Waals surface area (Å²) in [5.74, 6) is 1.19. The quantitative estimate of drug-likeness (QED) is 0.778. The van der Waals surface area contributed by atoms with Crippen molar-refractivity contribution in [3.05, 3.63) is 40.6 Å². The number of pyridine rings is 1. The summed E-state index contributed by atoms with van der Waals surface area (Å²) >= 11 is 12.2. The van der Waals surface area contributed by atoms with Gasteiger partial charge in [-0.05, 0) is 18.2 Å². The molecule has 0 aliphatic rings. The van der Waals surface area contributed by atoms with E-state index in [1.165, 1.54) is 7.11 Å². The number of hydrogen-bond acceptors (Lipinski definition) is 3. The first-order chi connectivity index (χ1) is 9.20. The van der Waals surface area contributed by atoms with Gasteiger partial charge in [0.05, 0.1) is 17.6 Å². The van der Waals surface area contributed by atoms with Crippen LogP contribution in [0.5, 0.6) is 5.75 Å². The minimum atomic E-state index is 0.365. The molecule has 3 rings (SSSR count). The van der Waals surface area contributed by atoms with Crippen LogP contribution in [0.4, 0.5) is 0 Å². The Morgan fingerprint density at radius 3 is 2.63 bits per heavy atom. The van der Waals surface area contributed by atoms with Crippen molar-refractivity contribution >= 4 is 34.2 Å². The van der Waals surface area contributed by atoms with Gasteiger partial charge in [-0.15, -0.1) is 0 Å². The first-order valence-corrected chi connectivity index (χ1v) is 6.28. The molecule has 0 bridgehead atoms. The molecule has 96 valence electrons. The Hall–Kier alpha value is -1.78. The number of imidazole rings is 1. The number of methoxy groups -OCH3 is 1. The van der Waals surface area contributed by atoms with Crippen LogP contribution in [0, 0.1) is 0 Å². The third-order valence-electron chi connectivity index (χ3n) is 2.78. The Morgan fingerprint density at radius 2 is 1.95 bits per heavy atom. The summed E-state index contributed by atoms with van der Waals surface area (Å²) in [6, 6.07) is 5.47. The maximum Gasteiger partial charge on any atom is 0.166 e. The molecule has 0 atom stereocenters. The average Bonchev–Trinajstić information content (AvgIpc) is 2.84. The molecular formula is C13H9Cl2N3O. The van der Waals surface area contributed by atoms with E-state index < -0.39 is 0 Å². The largest absolute Gasteiger partial charge is 0.493 e. The lowest BCUT2D eigenvalue weighted by atomic mass is 10.2. The molecular weight excluding hydrogens is 285 g/mol. The number of H-pyrrole nitrogens is 1. The van der Waals surface area contributed by atoms with Gasteiger partial charge in [0.15, 0.2) is 5.75 Å². The molecule has 0 saturated carbocycles. The van der Waals surface area contributed by atoms with Gasteiger partial charge in [-0.2, -0.15) is 0 Å². The molecule has 2 aromatic heterocycles. The number of hydrogen-bond donors (Lipinski definition) is 1. The highest BCUT2D eigenvalue weighted by Crippen LogP contribution is 2.38. The Bertz CT molecular complexity index is 740. The van der Waals surface area contributed by atoms with E-state index >= 15 is 0 Å². The van der Waals surface area contributed by atoms with Crippen LogP contribution in [-0.4, -0.2) is 22.1 Å². The fraction of sp³-hybridized carbons (Fsp3) is 0.0769. The summed E-state index contributed by atoms with van der Waals surface area (Å²) < 4.78 is 5.28. The summed E-state index contributed by atoms with van der Waals surface area (Å²) in [4.78, 5) is 11.7. The molecule has 19 heavy (non-hydrogen) atoms. The number of nitrogens with zero attached hydrogens (tertiary/aromatic N) is 2. The van der Waals surface area contributed by atoms with Gasteiger partial charge in [0.1, 0.15) is 16.4 Å². The molecule has 0 aliphatic carbocycles. The maximum atomic E-state index is 6.11. The van der Waals surface area contributed by atoms with Gasteiger partial charge < -0.3 is 9.72 Å². The smallest absolute Gasteiger partial charge is 0.166 e. The van der Waals surface area contributed by atoms with Crippen molar-refractivity contribution in [3.8, 4) is 17.1 Å². The van der Waals surface area contributed by atoms with Gasteiger partial charge >= 0.3 is 0 Å². The lowest BCUT2D eigenvalue weighted by Crippen LogP contribution is -1.87. The number of benzene rings is 1. The van der Waals surface area contributed by atoms with Crippen LogP contribution >= 0.6 is 23.2 Å². The first-order valence-electron chi connectivity index (χ1n) is 5.53. The predicted octanol–water partition coefficient (Wildman–Crippen LogP) is 3.94. The predicted molar refractivity (Wildman–Crippen MR) is 75.9 cm³/mol. The standard InChI is InChI=1S/C13H9Cl2N3O/c1-19-12-10(15)8(14)6-9-11(12)18-13(17-9)7-2-4-16-5-3-7/h2-6H,1H3,(H,17,18). The van der Waals surface area contributed by atoms with Gasteiger partial charge in [-0.25, -0.2) is 4.98 Å². The number of rotatable bonds is 2. The van der Waals surface area contributed by atoms with Gasteiger partial charge in [0.25, 0.3) is 0 Å². The van der Waals surface area contributed by atoms with E-state index in [0.717, 1.165) is 11.1 Å². The van der Waals surface area contributed by atoms with Crippen molar-refractivity contribution in [2.24, 2.45) is 0 Å². The molecule has 4 nitrogen and oxygen atoms in total. The Balaban J connectivity index is 2.27. The van der Waals surface area contributed by atoms with E-state index in [9.17, 15) is 0 Å². The normalized spacial score (nSPS) is 10.9. The number of ether oxygens (including phenoxy) is 1. The zero-order chi connectivity index (χ0) is 13.4. The molecule has 1 N–H and O–H groups in total. The van der Waals surface area contributed by atoms with Crippen molar-refractivity contribution < 1.29 is 4.74 Å². The highest BCUT2D eigenvalue weighted by molar-refractivity contribution is 6.44. The number of fused-ring (bicyclic) bond motifs is 1. The second-order valence-corrected chi connectivity index (χ2v) is 4.71. The molecule has 0 fully saturated rings. The molecule has 0 aliphatic heterocycles. The molecule has 0 saturated heterocycles. The van der Waals surface area contributed by atoms with Crippen molar-refractivity contribution in [1.29, 1.82) is 0 Å². The highest BCUT2D eigenvalue weighted by atomic mass is 35.5. The Morgan fingerprint density at radius 1 is 1.21 bits per heavy atom. The van der Waals surface area contributed by atoms with Crippen LogP contribution in [0.3, 0.4) is 0 Å². The fourth-order valence-corrected chi connectivity index (χ4v) is 2.32. The molecule has 1 aromatic carbocycles. The van der Waals surface area contributed by atoms with Gasteiger partial charge in [0.2, 0.25) is 0 Å². The fourth-order valence-electron chi connectivity index (χ4n) is 1.90. The molecule has 0 spiro atoms. The monoisotopic (exact) mass is 293 g/mol. The van der Waals surface area contributed by atoms with E-state index in [1.807, 2.05) is 12.1 Å². The Labute approximate surface area is 119 Å². The topological polar surface area (TPSA) is 50.8 Å². The van der Waals surface area contributed by atoms with Crippen LogP contribution in [0.25, 0.3) is 22.4 Å². The van der Waals surface area contributed by atoms with Crippen molar-refractivity contribution in [2.45, 2.75) is 0 Å². The van der Waals surface area contributed by atoms with Crippen molar-refractivity contribution in [3.63, 3.8) is 0 Å². The lowest BCUT2D eigenvalue weighted by Gasteiger charge is -2.04. The highest BCUT2D eigenvalue weighted by Gasteiger charge is 2.15. The van der Waals surface area contributed by atoms with Gasteiger partial charge in [-0.3, -0.25) is 4.98 Å². The summed E-state index contributed by atoms with van der Waals surface area (Å²) in [7, 11) is 1.54. The van der Waals surface area contributed by atoms with Crippen LogP contribution in [0.15, 0.2) is 30.6 Å². The average molecular weight is 294 g/mol. The van der Waals surface area contributed by atoms with Crippen molar-refractivity contribution in [2.75, 3.05) is 7.11 Å².